The molecule has 0 saturated carbocycles. The highest BCUT2D eigenvalue weighted by Gasteiger charge is 2.16. The minimum atomic E-state index is -0.657. The van der Waals surface area contributed by atoms with Gasteiger partial charge in [-0.1, -0.05) is 23.2 Å². The topological polar surface area (TPSA) is 81.5 Å². The van der Waals surface area contributed by atoms with E-state index in [4.69, 9.17) is 27.9 Å². The molecule has 23 heavy (non-hydrogen) atoms. The van der Waals surface area contributed by atoms with Crippen LogP contribution in [0, 0.1) is 15.9 Å². The Morgan fingerprint density at radius 2 is 2.00 bits per heavy atom. The van der Waals surface area contributed by atoms with Crippen molar-refractivity contribution in [3.8, 4) is 5.75 Å². The number of nitrogens with zero attached hydrogens (tertiary/aromatic N) is 1. The molecule has 9 heteroatoms. The monoisotopic (exact) mass is 358 g/mol. The van der Waals surface area contributed by atoms with Gasteiger partial charge in [0.15, 0.2) is 6.61 Å². The number of carbonyl (C=O) groups is 1. The van der Waals surface area contributed by atoms with E-state index in [1.54, 1.807) is 0 Å². The van der Waals surface area contributed by atoms with Gasteiger partial charge in [0.1, 0.15) is 17.3 Å². The summed E-state index contributed by atoms with van der Waals surface area (Å²) in [5.74, 6) is -1.08. The molecule has 0 aliphatic heterocycles. The highest BCUT2D eigenvalue weighted by molar-refractivity contribution is 6.32. The van der Waals surface area contributed by atoms with Gasteiger partial charge in [0.05, 0.1) is 9.95 Å². The van der Waals surface area contributed by atoms with E-state index < -0.39 is 23.3 Å². The summed E-state index contributed by atoms with van der Waals surface area (Å²) >= 11 is 11.5. The lowest BCUT2D eigenvalue weighted by Crippen LogP contribution is -2.20. The summed E-state index contributed by atoms with van der Waals surface area (Å²) in [7, 11) is 0. The Bertz CT molecular complexity index is 770. The molecule has 120 valence electrons. The molecular weight excluding hydrogens is 350 g/mol. The molecule has 0 aromatic heterocycles. The van der Waals surface area contributed by atoms with Gasteiger partial charge in [-0.2, -0.15) is 0 Å². The number of ether oxygens (including phenoxy) is 1. The van der Waals surface area contributed by atoms with Crippen LogP contribution in [0.1, 0.15) is 0 Å². The van der Waals surface area contributed by atoms with Crippen molar-refractivity contribution in [1.29, 1.82) is 0 Å². The van der Waals surface area contributed by atoms with Crippen molar-refractivity contribution in [3.05, 3.63) is 62.4 Å². The van der Waals surface area contributed by atoms with E-state index in [2.05, 4.69) is 5.32 Å². The molecule has 2 aromatic carbocycles. The zero-order valence-corrected chi connectivity index (χ0v) is 12.9. The van der Waals surface area contributed by atoms with Crippen molar-refractivity contribution >= 4 is 40.5 Å². The Kier molecular flexibility index (Phi) is 5.36. The number of anilines is 1. The normalized spacial score (nSPS) is 10.2. The molecule has 2 rings (SSSR count). The molecule has 0 bridgehead atoms. The molecule has 0 radical (unpaired) electrons. The summed E-state index contributed by atoms with van der Waals surface area (Å²) in [4.78, 5) is 22.1. The predicted octanol–water partition coefficient (Wildman–Crippen LogP) is 4.06. The Hall–Kier alpha value is -2.38. The van der Waals surface area contributed by atoms with Crippen LogP contribution in [0.15, 0.2) is 36.4 Å². The van der Waals surface area contributed by atoms with Crippen molar-refractivity contribution in [3.63, 3.8) is 0 Å². The highest BCUT2D eigenvalue weighted by Crippen LogP contribution is 2.28. The Balaban J connectivity index is 2.05. The second-order valence-corrected chi connectivity index (χ2v) is 5.17. The number of nitrogens with one attached hydrogen (secondary N) is 1. The molecule has 0 spiro atoms. The summed E-state index contributed by atoms with van der Waals surface area (Å²) in [5, 5.41) is 13.5. The number of benzene rings is 2. The summed E-state index contributed by atoms with van der Waals surface area (Å²) in [5.41, 5.74) is -0.358. The van der Waals surface area contributed by atoms with E-state index in [1.165, 1.54) is 24.3 Å². The van der Waals surface area contributed by atoms with Gasteiger partial charge in [-0.15, -0.1) is 0 Å². The summed E-state index contributed by atoms with van der Waals surface area (Å²) in [6.07, 6.45) is 0. The quantitative estimate of drug-likeness (QED) is 0.645. The first-order valence-corrected chi connectivity index (χ1v) is 6.94. The maximum atomic E-state index is 12.9. The standard InChI is InChI=1S/C14H9Cl2FN2O4/c15-8-1-3-12(19(21)22)11(5-8)18-14(20)7-23-13-4-2-9(17)6-10(13)16/h1-6H,7H2,(H,18,20). The van der Waals surface area contributed by atoms with E-state index in [9.17, 15) is 19.3 Å². The first-order chi connectivity index (χ1) is 10.9. The lowest BCUT2D eigenvalue weighted by Gasteiger charge is -2.09. The molecule has 0 heterocycles. The first kappa shape index (κ1) is 17.0. The van der Waals surface area contributed by atoms with Gasteiger partial charge in [0.2, 0.25) is 0 Å². The first-order valence-electron chi connectivity index (χ1n) is 6.18. The number of hydrogen-bond donors (Lipinski definition) is 1. The fourth-order valence-electron chi connectivity index (χ4n) is 1.69. The Morgan fingerprint density at radius 1 is 1.26 bits per heavy atom. The lowest BCUT2D eigenvalue weighted by atomic mass is 10.2. The number of carbonyl (C=O) groups excluding carboxylic acids is 1. The van der Waals surface area contributed by atoms with Crippen molar-refractivity contribution in [2.45, 2.75) is 0 Å². The van der Waals surface area contributed by atoms with Crippen LogP contribution >= 0.6 is 23.2 Å². The number of halogens is 3. The Labute approximate surface area is 139 Å². The lowest BCUT2D eigenvalue weighted by molar-refractivity contribution is -0.383. The molecule has 2 aromatic rings. The molecule has 1 amide bonds. The minimum Gasteiger partial charge on any atom is -0.482 e. The van der Waals surface area contributed by atoms with E-state index >= 15 is 0 Å². The molecule has 6 nitrogen and oxygen atoms in total. The number of amides is 1. The molecule has 1 N–H and O–H groups in total. The van der Waals surface area contributed by atoms with Gasteiger partial charge >= 0.3 is 0 Å². The predicted molar refractivity (Wildman–Crippen MR) is 83.6 cm³/mol. The van der Waals surface area contributed by atoms with Gasteiger partial charge in [-0.05, 0) is 30.3 Å². The molecule has 0 aliphatic rings. The van der Waals surface area contributed by atoms with Gasteiger partial charge < -0.3 is 10.1 Å². The van der Waals surface area contributed by atoms with E-state index in [1.807, 2.05) is 0 Å². The van der Waals surface area contributed by atoms with Crippen LogP contribution in [0.25, 0.3) is 0 Å². The fraction of sp³-hybridized carbons (Fsp3) is 0.0714. The molecule has 0 atom stereocenters. The number of rotatable bonds is 5. The third-order valence-electron chi connectivity index (χ3n) is 2.68. The third-order valence-corrected chi connectivity index (χ3v) is 3.21. The van der Waals surface area contributed by atoms with Crippen molar-refractivity contribution in [2.75, 3.05) is 11.9 Å². The smallest absolute Gasteiger partial charge is 0.292 e. The van der Waals surface area contributed by atoms with Crippen molar-refractivity contribution < 1.29 is 18.8 Å². The van der Waals surface area contributed by atoms with Gasteiger partial charge in [-0.3, -0.25) is 14.9 Å². The molecule has 0 fully saturated rings. The van der Waals surface area contributed by atoms with Gasteiger partial charge in [0, 0.05) is 11.1 Å². The number of nitro benzene ring substituents is 1. The van der Waals surface area contributed by atoms with Crippen molar-refractivity contribution in [2.24, 2.45) is 0 Å². The largest absolute Gasteiger partial charge is 0.482 e. The fourth-order valence-corrected chi connectivity index (χ4v) is 2.08. The zero-order chi connectivity index (χ0) is 17.0. The molecule has 0 unspecified atom stereocenters. The Morgan fingerprint density at radius 3 is 2.65 bits per heavy atom. The van der Waals surface area contributed by atoms with Crippen molar-refractivity contribution in [1.82, 2.24) is 0 Å². The number of hydrogen-bond acceptors (Lipinski definition) is 4. The highest BCUT2D eigenvalue weighted by atomic mass is 35.5. The van der Waals surface area contributed by atoms with Crippen LogP contribution in [-0.2, 0) is 4.79 Å². The van der Waals surface area contributed by atoms with Crippen LogP contribution in [0.3, 0.4) is 0 Å². The molecular formula is C14H9Cl2FN2O4. The van der Waals surface area contributed by atoms with Crippen LogP contribution < -0.4 is 10.1 Å². The average Bonchev–Trinajstić information content (AvgIpc) is 2.46. The van der Waals surface area contributed by atoms with Gasteiger partial charge in [0.25, 0.3) is 11.6 Å². The van der Waals surface area contributed by atoms with E-state index in [-0.39, 0.29) is 27.2 Å². The van der Waals surface area contributed by atoms with Crippen LogP contribution in [0.2, 0.25) is 10.0 Å². The van der Waals surface area contributed by atoms with E-state index in [0.29, 0.717) is 0 Å². The maximum Gasteiger partial charge on any atom is 0.292 e. The summed E-state index contributed by atoms with van der Waals surface area (Å²) in [6, 6.07) is 7.20. The van der Waals surface area contributed by atoms with Crippen LogP contribution in [0.4, 0.5) is 15.8 Å². The third kappa shape index (κ3) is 4.54. The van der Waals surface area contributed by atoms with E-state index in [0.717, 1.165) is 12.1 Å². The van der Waals surface area contributed by atoms with Gasteiger partial charge in [-0.25, -0.2) is 4.39 Å². The molecule has 0 saturated heterocycles. The second kappa shape index (κ2) is 7.26. The minimum absolute atomic E-state index is 0.00605. The average molecular weight is 359 g/mol. The second-order valence-electron chi connectivity index (χ2n) is 4.33. The zero-order valence-electron chi connectivity index (χ0n) is 11.4. The molecule has 0 aliphatic carbocycles. The summed E-state index contributed by atoms with van der Waals surface area (Å²) < 4.78 is 18.0. The number of nitro groups is 1. The maximum absolute atomic E-state index is 12.9. The summed E-state index contributed by atoms with van der Waals surface area (Å²) in [6.45, 7) is -0.463. The SMILES string of the molecule is O=C(COc1ccc(F)cc1Cl)Nc1cc(Cl)ccc1[N+](=O)[O-]. The van der Waals surface area contributed by atoms with Crippen LogP contribution in [0.5, 0.6) is 5.75 Å². The van der Waals surface area contributed by atoms with Crippen LogP contribution in [-0.4, -0.2) is 17.4 Å².